The Kier molecular flexibility index (Phi) is 26.5. The molecule has 0 saturated carbocycles. The summed E-state index contributed by atoms with van der Waals surface area (Å²) < 4.78 is 0. The van der Waals surface area contributed by atoms with Gasteiger partial charge in [0, 0.05) is 69.0 Å². The zero-order valence-electron chi connectivity index (χ0n) is 52.1. The lowest BCUT2D eigenvalue weighted by Gasteiger charge is -2.32. The number of carbonyl (C=O) groups excluding carboxylic acids is 13. The largest absolute Gasteiger partial charge is 0.508 e. The van der Waals surface area contributed by atoms with Crippen molar-refractivity contribution in [3.05, 3.63) is 114 Å². The number of nitrogens with zero attached hydrogens (tertiary/aromatic N) is 2. The van der Waals surface area contributed by atoms with E-state index in [0.29, 0.717) is 28.8 Å². The molecule has 3 heterocycles. The Balaban J connectivity index is 1.19. The number of fused-ring (bicyclic) bond motifs is 1. The molecule has 19 N–H and O–H groups in total. The van der Waals surface area contributed by atoms with Gasteiger partial charge < -0.3 is 94.8 Å². The molecule has 0 bridgehead atoms. The van der Waals surface area contributed by atoms with E-state index < -0.39 is 163 Å². The molecule has 6 rings (SSSR count). The van der Waals surface area contributed by atoms with Gasteiger partial charge in [-0.15, -0.1) is 0 Å². The number of para-hydroxylation sites is 1. The van der Waals surface area contributed by atoms with Gasteiger partial charge in [0.1, 0.15) is 65.9 Å². The van der Waals surface area contributed by atoms with E-state index in [1.807, 2.05) is 6.07 Å². The molecule has 13 amide bonds. The lowest BCUT2D eigenvalue weighted by atomic mass is 10.0. The quantitative estimate of drug-likeness (QED) is 0.0173. The summed E-state index contributed by atoms with van der Waals surface area (Å²) in [7, 11) is 1.34. The van der Waals surface area contributed by atoms with Crippen LogP contribution in [-0.2, 0) is 88.0 Å². The summed E-state index contributed by atoms with van der Waals surface area (Å²) >= 11 is 0. The third kappa shape index (κ3) is 21.1. The molecule has 10 atom stereocenters. The topological polar surface area (TPSA) is 503 Å². The van der Waals surface area contributed by atoms with Crippen LogP contribution in [-0.4, -0.2) is 193 Å². The van der Waals surface area contributed by atoms with Crippen molar-refractivity contribution in [1.82, 2.24) is 73.0 Å². The predicted octanol–water partition coefficient (Wildman–Crippen LogP) is -3.89. The minimum absolute atomic E-state index is 0.00822. The number of likely N-dealkylation sites (tertiary alicyclic amines) is 1. The SMILES string of the molecule is CNC(=O)C(NC(=O)C(CC(N)=O)NC(=O)C(CCC(N)=O)NC(=O)C1CCCN1C(=O)C(NC(=O)C(Cc1ccc(O)cc1)NC(=O)CNC(=O)C(Cc1ccc(O)cc1)NC(=O)C(Cc1c[nH]c2ccccc12)NC(=O)C(Cc1c[nH]cn1)NC=O)C(C)O)C(C)C. The molecule has 32 nitrogen and oxygen atoms in total. The summed E-state index contributed by atoms with van der Waals surface area (Å²) in [6.45, 7) is 3.50. The Bertz CT molecular complexity index is 3510. The molecule has 94 heavy (non-hydrogen) atoms. The van der Waals surface area contributed by atoms with Gasteiger partial charge in [-0.2, -0.15) is 0 Å². The van der Waals surface area contributed by atoms with Gasteiger partial charge >= 0.3 is 0 Å². The summed E-state index contributed by atoms with van der Waals surface area (Å²) in [6.07, 6.45) is 1.05. The lowest BCUT2D eigenvalue weighted by molar-refractivity contribution is -0.144. The molecule has 0 aliphatic carbocycles. The summed E-state index contributed by atoms with van der Waals surface area (Å²) in [4.78, 5) is 187. The number of aliphatic hydroxyl groups is 1. The Labute approximate surface area is 539 Å². The first-order chi connectivity index (χ1) is 44.7. The van der Waals surface area contributed by atoms with Crippen molar-refractivity contribution in [2.24, 2.45) is 17.4 Å². The molecule has 2 aromatic heterocycles. The monoisotopic (exact) mass is 1300 g/mol. The van der Waals surface area contributed by atoms with Gasteiger partial charge in [0.05, 0.1) is 31.1 Å². The van der Waals surface area contributed by atoms with E-state index in [9.17, 15) is 77.6 Å². The van der Waals surface area contributed by atoms with Crippen LogP contribution in [0.3, 0.4) is 0 Å². The fourth-order valence-corrected chi connectivity index (χ4v) is 10.5. The van der Waals surface area contributed by atoms with Crippen molar-refractivity contribution in [1.29, 1.82) is 0 Å². The number of carbonyl (C=O) groups is 13. The van der Waals surface area contributed by atoms with Crippen molar-refractivity contribution in [2.75, 3.05) is 20.1 Å². The molecule has 0 spiro atoms. The first-order valence-corrected chi connectivity index (χ1v) is 30.2. The van der Waals surface area contributed by atoms with Crippen molar-refractivity contribution in [2.45, 2.75) is 139 Å². The number of aliphatic hydroxyl groups excluding tert-OH is 1. The number of amides is 13. The number of benzene rings is 3. The Morgan fingerprint density at radius 3 is 1.78 bits per heavy atom. The van der Waals surface area contributed by atoms with Crippen LogP contribution in [0.1, 0.15) is 75.3 Å². The molecule has 10 unspecified atom stereocenters. The van der Waals surface area contributed by atoms with Gasteiger partial charge in [0.25, 0.3) is 0 Å². The van der Waals surface area contributed by atoms with Gasteiger partial charge in [-0.1, -0.05) is 56.3 Å². The predicted molar refractivity (Wildman–Crippen MR) is 335 cm³/mol. The fourth-order valence-electron chi connectivity index (χ4n) is 10.5. The number of hydrogen-bond donors (Lipinski definition) is 17. The van der Waals surface area contributed by atoms with Gasteiger partial charge in [-0.05, 0) is 79.1 Å². The maximum absolute atomic E-state index is 14.6. The molecule has 0 radical (unpaired) electrons. The summed E-state index contributed by atoms with van der Waals surface area (Å²) in [5, 5.41) is 57.0. The van der Waals surface area contributed by atoms with Gasteiger partial charge in [-0.25, -0.2) is 4.98 Å². The highest BCUT2D eigenvalue weighted by Gasteiger charge is 2.42. The first-order valence-electron chi connectivity index (χ1n) is 30.2. The number of phenolic OH excluding ortho intramolecular Hbond substituents is 2. The van der Waals surface area contributed by atoms with Crippen LogP contribution in [0.4, 0.5) is 0 Å². The number of nitrogens with two attached hydrogens (primary N) is 2. The van der Waals surface area contributed by atoms with Crippen molar-refractivity contribution < 1.29 is 77.6 Å². The van der Waals surface area contributed by atoms with Crippen LogP contribution >= 0.6 is 0 Å². The van der Waals surface area contributed by atoms with E-state index in [2.05, 4.69) is 68.1 Å². The van der Waals surface area contributed by atoms with Gasteiger partial charge in [-0.3, -0.25) is 62.3 Å². The molecular formula is C62H80N16O16. The average Bonchev–Trinajstić information content (AvgIpc) is 1.61. The van der Waals surface area contributed by atoms with Gasteiger partial charge in [0.15, 0.2) is 0 Å². The average molecular weight is 1310 g/mol. The van der Waals surface area contributed by atoms with E-state index in [1.54, 1.807) is 38.2 Å². The first kappa shape index (κ1) is 72.1. The van der Waals surface area contributed by atoms with Crippen molar-refractivity contribution in [3.8, 4) is 11.5 Å². The number of aromatic hydroxyl groups is 2. The number of hydrogen-bond acceptors (Lipinski definition) is 17. The smallest absolute Gasteiger partial charge is 0.248 e. The van der Waals surface area contributed by atoms with E-state index in [4.69, 9.17) is 11.5 Å². The zero-order valence-corrected chi connectivity index (χ0v) is 52.1. The number of H-pyrrole nitrogens is 2. The molecule has 1 aliphatic heterocycles. The van der Waals surface area contributed by atoms with E-state index >= 15 is 0 Å². The summed E-state index contributed by atoms with van der Waals surface area (Å²) in [6, 6.07) is 5.16. The minimum Gasteiger partial charge on any atom is -0.508 e. The molecule has 504 valence electrons. The highest BCUT2D eigenvalue weighted by molar-refractivity contribution is 6.00. The maximum Gasteiger partial charge on any atom is 0.248 e. The van der Waals surface area contributed by atoms with Crippen molar-refractivity contribution >= 4 is 88.2 Å². The third-order valence-corrected chi connectivity index (χ3v) is 15.5. The Morgan fingerprint density at radius 1 is 0.638 bits per heavy atom. The Hall–Kier alpha value is -10.9. The number of primary amides is 2. The standard InChI is InChI=1S/C62H80N16O16/c1-32(2)52(61(93)65-4)76-59(91)47(26-50(64)84)75-55(87)42(19-20-49(63)83)72-60(92)48-10-7-21-78(48)62(94)53(33(3)80)77-58(90)45(23-35-13-17-39(82)18-14-35)71-51(85)29-68-54(86)44(22-34-11-15-38(81)16-12-34)73-57(89)46(24-36-27-67-41-9-6-5-8-40(36)41)74-56(88)43(70-31-79)25-37-28-66-30-69-37/h5-6,8-9,11-18,27-28,30-33,42-48,52-53,67,80-82H,7,10,19-26,29H2,1-4H3,(H2,63,83)(H2,64,84)(H,65,93)(H,66,69)(H,68,86)(H,70,79)(H,71,85)(H,72,92)(H,73,89)(H,74,88)(H,75,87)(H,76,91)(H,77,90). The van der Waals surface area contributed by atoms with Crippen molar-refractivity contribution in [3.63, 3.8) is 0 Å². The molecule has 1 saturated heterocycles. The molecular weight excluding hydrogens is 1220 g/mol. The van der Waals surface area contributed by atoms with E-state index in [1.165, 1.54) is 75.0 Å². The summed E-state index contributed by atoms with van der Waals surface area (Å²) in [5.74, 6) is -11.7. The number of aromatic amines is 2. The second-order valence-electron chi connectivity index (χ2n) is 22.9. The second-order valence-corrected chi connectivity index (χ2v) is 22.9. The number of aromatic nitrogens is 3. The Morgan fingerprint density at radius 2 is 1.20 bits per heavy atom. The van der Waals surface area contributed by atoms with Crippen LogP contribution in [0.5, 0.6) is 11.5 Å². The van der Waals surface area contributed by atoms with Crippen LogP contribution < -0.4 is 64.6 Å². The van der Waals surface area contributed by atoms with Crippen LogP contribution in [0.2, 0.25) is 0 Å². The number of phenols is 2. The highest BCUT2D eigenvalue weighted by atomic mass is 16.3. The molecule has 32 heteroatoms. The normalized spacial score (nSPS) is 15.6. The lowest BCUT2D eigenvalue weighted by Crippen LogP contribution is -2.61. The van der Waals surface area contributed by atoms with Crippen LogP contribution in [0, 0.1) is 5.92 Å². The third-order valence-electron chi connectivity index (χ3n) is 15.5. The molecule has 1 aliphatic rings. The fraction of sp³-hybridized carbons (Fsp3) is 0.419. The van der Waals surface area contributed by atoms with Crippen LogP contribution in [0.25, 0.3) is 10.9 Å². The highest BCUT2D eigenvalue weighted by Crippen LogP contribution is 2.23. The number of imidazole rings is 1. The maximum atomic E-state index is 14.6. The van der Waals surface area contributed by atoms with Crippen LogP contribution in [0.15, 0.2) is 91.5 Å². The molecule has 1 fully saturated rings. The number of nitrogens with one attached hydrogen (secondary N) is 12. The minimum atomic E-state index is -1.80. The molecule has 3 aromatic carbocycles. The molecule has 5 aromatic rings. The van der Waals surface area contributed by atoms with E-state index in [0.717, 1.165) is 15.8 Å². The van der Waals surface area contributed by atoms with E-state index in [-0.39, 0.29) is 56.6 Å². The number of rotatable bonds is 35. The number of likely N-dealkylation sites (N-methyl/N-ethyl adjacent to an activating group) is 1. The van der Waals surface area contributed by atoms with Gasteiger partial charge in [0.2, 0.25) is 77.3 Å². The zero-order chi connectivity index (χ0) is 68.8. The summed E-state index contributed by atoms with van der Waals surface area (Å²) in [5.41, 5.74) is 13.4. The second kappa shape index (κ2) is 34.5.